The van der Waals surface area contributed by atoms with Gasteiger partial charge in [0.25, 0.3) is 0 Å². The zero-order valence-electron chi connectivity index (χ0n) is 13.9. The molecule has 1 saturated heterocycles. The quantitative estimate of drug-likeness (QED) is 0.850. The van der Waals surface area contributed by atoms with Crippen LogP contribution in [-0.2, 0) is 11.3 Å². The summed E-state index contributed by atoms with van der Waals surface area (Å²) in [6.45, 7) is 2.22. The van der Waals surface area contributed by atoms with Gasteiger partial charge < -0.3 is 9.42 Å². The maximum Gasteiger partial charge on any atom is 0.241 e. The third kappa shape index (κ3) is 3.94. The standard InChI is InChI=1S/C17H21ClN4O2/c1-21(2)17(23)13-6-4-8-22(10-13)11-15-19-16(20-24-15)12-5-3-7-14(18)9-12/h3,5,7,9,13H,4,6,8,10-11H2,1-2H3. The van der Waals surface area contributed by atoms with Crippen molar-refractivity contribution in [3.63, 3.8) is 0 Å². The molecule has 6 nitrogen and oxygen atoms in total. The molecular weight excluding hydrogens is 328 g/mol. The SMILES string of the molecule is CN(C)C(=O)C1CCCN(Cc2nc(-c3cccc(Cl)c3)no2)C1. The van der Waals surface area contributed by atoms with Crippen LogP contribution in [0.2, 0.25) is 5.02 Å². The second-order valence-corrected chi connectivity index (χ2v) is 6.77. The summed E-state index contributed by atoms with van der Waals surface area (Å²) in [6.07, 6.45) is 1.94. The minimum Gasteiger partial charge on any atom is -0.349 e. The number of amides is 1. The number of rotatable bonds is 4. The molecule has 2 aromatic rings. The van der Waals surface area contributed by atoms with Crippen LogP contribution in [0.4, 0.5) is 0 Å². The fourth-order valence-corrected chi connectivity index (χ4v) is 3.21. The highest BCUT2D eigenvalue weighted by Crippen LogP contribution is 2.22. The number of aromatic nitrogens is 2. The monoisotopic (exact) mass is 348 g/mol. The van der Waals surface area contributed by atoms with E-state index in [9.17, 15) is 4.79 Å². The van der Waals surface area contributed by atoms with Gasteiger partial charge in [-0.05, 0) is 31.5 Å². The van der Waals surface area contributed by atoms with Crippen LogP contribution in [0.1, 0.15) is 18.7 Å². The van der Waals surface area contributed by atoms with Crippen LogP contribution < -0.4 is 0 Å². The van der Waals surface area contributed by atoms with Crippen molar-refractivity contribution in [2.75, 3.05) is 27.2 Å². The highest BCUT2D eigenvalue weighted by molar-refractivity contribution is 6.30. The van der Waals surface area contributed by atoms with Gasteiger partial charge >= 0.3 is 0 Å². The lowest BCUT2D eigenvalue weighted by atomic mass is 9.97. The zero-order chi connectivity index (χ0) is 17.1. The van der Waals surface area contributed by atoms with E-state index < -0.39 is 0 Å². The molecule has 7 heteroatoms. The highest BCUT2D eigenvalue weighted by Gasteiger charge is 2.27. The van der Waals surface area contributed by atoms with Gasteiger partial charge in [0.05, 0.1) is 12.5 Å². The zero-order valence-corrected chi connectivity index (χ0v) is 14.7. The van der Waals surface area contributed by atoms with Crippen molar-refractivity contribution in [1.82, 2.24) is 19.9 Å². The smallest absolute Gasteiger partial charge is 0.241 e. The first-order chi connectivity index (χ1) is 11.5. The molecule has 1 aromatic carbocycles. The van der Waals surface area contributed by atoms with E-state index in [2.05, 4.69) is 15.0 Å². The lowest BCUT2D eigenvalue weighted by Gasteiger charge is -2.32. The average molecular weight is 349 g/mol. The molecule has 0 radical (unpaired) electrons. The van der Waals surface area contributed by atoms with E-state index in [1.165, 1.54) is 0 Å². The Balaban J connectivity index is 1.65. The average Bonchev–Trinajstić information content (AvgIpc) is 3.03. The highest BCUT2D eigenvalue weighted by atomic mass is 35.5. The summed E-state index contributed by atoms with van der Waals surface area (Å²) in [5, 5.41) is 4.67. The first kappa shape index (κ1) is 16.9. The van der Waals surface area contributed by atoms with E-state index in [0.29, 0.717) is 23.3 Å². The normalized spacial score (nSPS) is 18.5. The fraction of sp³-hybridized carbons (Fsp3) is 0.471. The van der Waals surface area contributed by atoms with E-state index in [1.54, 1.807) is 19.0 Å². The molecule has 1 aliphatic heterocycles. The summed E-state index contributed by atoms with van der Waals surface area (Å²) in [7, 11) is 3.60. The van der Waals surface area contributed by atoms with Crippen LogP contribution in [0, 0.1) is 5.92 Å². The number of nitrogens with zero attached hydrogens (tertiary/aromatic N) is 4. The van der Waals surface area contributed by atoms with Gasteiger partial charge in [-0.25, -0.2) is 0 Å². The van der Waals surface area contributed by atoms with Gasteiger partial charge in [-0.3, -0.25) is 9.69 Å². The third-order valence-electron chi connectivity index (χ3n) is 4.21. The van der Waals surface area contributed by atoms with Crippen LogP contribution in [0.5, 0.6) is 0 Å². The Labute approximate surface area is 146 Å². The Hall–Kier alpha value is -1.92. The minimum absolute atomic E-state index is 0.0454. The first-order valence-corrected chi connectivity index (χ1v) is 8.43. The van der Waals surface area contributed by atoms with Crippen LogP contribution in [0.15, 0.2) is 28.8 Å². The molecule has 1 unspecified atom stereocenters. The van der Waals surface area contributed by atoms with Crippen molar-refractivity contribution < 1.29 is 9.32 Å². The van der Waals surface area contributed by atoms with E-state index in [4.69, 9.17) is 16.1 Å². The Morgan fingerprint density at radius 2 is 2.29 bits per heavy atom. The third-order valence-corrected chi connectivity index (χ3v) is 4.44. The number of benzene rings is 1. The maximum atomic E-state index is 12.2. The molecule has 1 amide bonds. The molecule has 0 aliphatic carbocycles. The van der Waals surface area contributed by atoms with Crippen LogP contribution in [-0.4, -0.2) is 53.0 Å². The number of hydrogen-bond donors (Lipinski definition) is 0. The van der Waals surface area contributed by atoms with E-state index in [1.807, 2.05) is 24.3 Å². The van der Waals surface area contributed by atoms with Gasteiger partial charge in [0, 0.05) is 31.2 Å². The fourth-order valence-electron chi connectivity index (χ4n) is 3.02. The molecule has 128 valence electrons. The summed E-state index contributed by atoms with van der Waals surface area (Å²) in [5.41, 5.74) is 0.830. The number of likely N-dealkylation sites (tertiary alicyclic amines) is 1. The second kappa shape index (κ2) is 7.32. The summed E-state index contributed by atoms with van der Waals surface area (Å²) >= 11 is 6.00. The van der Waals surface area contributed by atoms with Crippen molar-refractivity contribution in [3.05, 3.63) is 35.2 Å². The van der Waals surface area contributed by atoms with Crippen molar-refractivity contribution in [1.29, 1.82) is 0 Å². The molecule has 1 aromatic heterocycles. The van der Waals surface area contributed by atoms with Crippen molar-refractivity contribution in [2.45, 2.75) is 19.4 Å². The van der Waals surface area contributed by atoms with E-state index in [0.717, 1.165) is 31.5 Å². The molecule has 0 N–H and O–H groups in total. The van der Waals surface area contributed by atoms with Gasteiger partial charge in [-0.1, -0.05) is 28.9 Å². The van der Waals surface area contributed by atoms with Crippen LogP contribution >= 0.6 is 11.6 Å². The Morgan fingerprint density at radius 1 is 1.46 bits per heavy atom. The summed E-state index contributed by atoms with van der Waals surface area (Å²) in [6, 6.07) is 7.37. The van der Waals surface area contributed by atoms with Crippen molar-refractivity contribution in [3.8, 4) is 11.4 Å². The molecule has 0 saturated carbocycles. The molecular formula is C17H21ClN4O2. The number of carbonyl (C=O) groups is 1. The predicted octanol–water partition coefficient (Wildman–Crippen LogP) is 2.69. The first-order valence-electron chi connectivity index (χ1n) is 8.05. The molecule has 0 spiro atoms. The van der Waals surface area contributed by atoms with E-state index >= 15 is 0 Å². The molecule has 3 rings (SSSR count). The lowest BCUT2D eigenvalue weighted by molar-refractivity contribution is -0.134. The molecule has 1 atom stereocenters. The maximum absolute atomic E-state index is 12.2. The second-order valence-electron chi connectivity index (χ2n) is 6.33. The molecule has 24 heavy (non-hydrogen) atoms. The summed E-state index contributed by atoms with van der Waals surface area (Å²) in [5.74, 6) is 1.32. The number of carbonyl (C=O) groups excluding carboxylic acids is 1. The topological polar surface area (TPSA) is 62.5 Å². The van der Waals surface area contributed by atoms with Crippen molar-refractivity contribution in [2.24, 2.45) is 5.92 Å². The number of halogens is 1. The Bertz CT molecular complexity index is 716. The van der Waals surface area contributed by atoms with Gasteiger partial charge in [0.1, 0.15) is 0 Å². The summed E-state index contributed by atoms with van der Waals surface area (Å²) in [4.78, 5) is 20.5. The van der Waals surface area contributed by atoms with Crippen LogP contribution in [0.3, 0.4) is 0 Å². The Kier molecular flexibility index (Phi) is 5.16. The summed E-state index contributed by atoms with van der Waals surface area (Å²) < 4.78 is 5.36. The predicted molar refractivity (Wildman–Crippen MR) is 91.4 cm³/mol. The molecule has 2 heterocycles. The van der Waals surface area contributed by atoms with Gasteiger partial charge in [-0.2, -0.15) is 4.98 Å². The number of hydrogen-bond acceptors (Lipinski definition) is 5. The minimum atomic E-state index is 0.0454. The van der Waals surface area contributed by atoms with Crippen molar-refractivity contribution >= 4 is 17.5 Å². The number of piperidine rings is 1. The molecule has 0 bridgehead atoms. The molecule has 1 aliphatic rings. The van der Waals surface area contributed by atoms with Crippen LogP contribution in [0.25, 0.3) is 11.4 Å². The molecule has 1 fully saturated rings. The van der Waals surface area contributed by atoms with E-state index in [-0.39, 0.29) is 11.8 Å². The van der Waals surface area contributed by atoms with Gasteiger partial charge in [-0.15, -0.1) is 0 Å². The largest absolute Gasteiger partial charge is 0.349 e. The lowest BCUT2D eigenvalue weighted by Crippen LogP contribution is -2.42. The Morgan fingerprint density at radius 3 is 3.04 bits per heavy atom. The van der Waals surface area contributed by atoms with Gasteiger partial charge in [0.2, 0.25) is 17.6 Å². The van der Waals surface area contributed by atoms with Gasteiger partial charge in [0.15, 0.2) is 0 Å².